The minimum atomic E-state index is 0.0994. The van der Waals surface area contributed by atoms with E-state index < -0.39 is 0 Å². The summed E-state index contributed by atoms with van der Waals surface area (Å²) in [5.41, 5.74) is 2.17. The fourth-order valence-electron chi connectivity index (χ4n) is 3.15. The van der Waals surface area contributed by atoms with Gasteiger partial charge >= 0.3 is 0 Å². The fraction of sp³-hybridized carbons (Fsp3) is 0.263. The van der Waals surface area contributed by atoms with Crippen molar-refractivity contribution in [3.05, 3.63) is 54.4 Å². The Hall–Kier alpha value is -2.27. The molecule has 0 aliphatic carbocycles. The molecule has 3 aromatic rings. The van der Waals surface area contributed by atoms with Crippen LogP contribution in [-0.4, -0.2) is 28.9 Å². The van der Waals surface area contributed by atoms with Gasteiger partial charge < -0.3 is 9.64 Å². The van der Waals surface area contributed by atoms with Crippen LogP contribution in [0.1, 0.15) is 12.5 Å². The van der Waals surface area contributed by atoms with Gasteiger partial charge in [0.2, 0.25) is 0 Å². The van der Waals surface area contributed by atoms with Gasteiger partial charge in [0.05, 0.1) is 12.1 Å². The van der Waals surface area contributed by atoms with Crippen molar-refractivity contribution >= 4 is 28.5 Å². The quantitative estimate of drug-likeness (QED) is 0.657. The second kappa shape index (κ2) is 6.32. The van der Waals surface area contributed by atoms with Gasteiger partial charge in [-0.05, 0) is 37.4 Å². The zero-order valence-corrected chi connectivity index (χ0v) is 14.6. The Labute approximate surface area is 145 Å². The lowest BCUT2D eigenvalue weighted by Gasteiger charge is -2.24. The molecule has 1 aliphatic rings. The topological polar surface area (TPSA) is 38.2 Å². The highest BCUT2D eigenvalue weighted by molar-refractivity contribution is 7.98. The van der Waals surface area contributed by atoms with E-state index in [1.54, 1.807) is 18.1 Å². The molecule has 0 saturated carbocycles. The van der Waals surface area contributed by atoms with Gasteiger partial charge in [-0.3, -0.25) is 0 Å². The van der Waals surface area contributed by atoms with Crippen LogP contribution in [0.2, 0.25) is 0 Å². The lowest BCUT2D eigenvalue weighted by molar-refractivity contribution is 0.232. The van der Waals surface area contributed by atoms with Gasteiger partial charge in [0.25, 0.3) is 0 Å². The first-order valence-electron chi connectivity index (χ1n) is 8.03. The largest absolute Gasteiger partial charge is 0.489 e. The van der Waals surface area contributed by atoms with Gasteiger partial charge in [-0.15, -0.1) is 11.8 Å². The van der Waals surface area contributed by atoms with Gasteiger partial charge in [0.15, 0.2) is 0 Å². The first kappa shape index (κ1) is 15.3. The van der Waals surface area contributed by atoms with Crippen molar-refractivity contribution in [1.29, 1.82) is 0 Å². The third-order valence-corrected chi connectivity index (χ3v) is 4.99. The summed E-state index contributed by atoms with van der Waals surface area (Å²) in [6, 6.07) is 14.6. The molecular formula is C19H19N3OS. The fourth-order valence-corrected chi connectivity index (χ4v) is 3.59. The van der Waals surface area contributed by atoms with Crippen LogP contribution in [-0.2, 0) is 6.54 Å². The zero-order chi connectivity index (χ0) is 16.5. The van der Waals surface area contributed by atoms with Crippen molar-refractivity contribution in [2.45, 2.75) is 24.5 Å². The number of anilines is 1. The Morgan fingerprint density at radius 3 is 2.92 bits per heavy atom. The van der Waals surface area contributed by atoms with E-state index in [1.165, 1.54) is 10.5 Å². The molecule has 0 radical (unpaired) electrons. The molecule has 0 saturated heterocycles. The monoisotopic (exact) mass is 337 g/mol. The van der Waals surface area contributed by atoms with Gasteiger partial charge in [0, 0.05) is 22.4 Å². The SMILES string of the molecule is CSc1ccc2ncnc(N3Cc4ccccc4OC(C)C3)c2c1. The highest BCUT2D eigenvalue weighted by atomic mass is 32.2. The average Bonchev–Trinajstić information content (AvgIpc) is 2.78. The summed E-state index contributed by atoms with van der Waals surface area (Å²) < 4.78 is 6.08. The minimum absolute atomic E-state index is 0.0994. The molecule has 1 unspecified atom stereocenters. The standard InChI is InChI=1S/C19H19N3OS/c1-13-10-22(11-14-5-3-4-6-18(14)23-13)19-16-9-15(24-2)7-8-17(16)20-12-21-19/h3-9,12-13H,10-11H2,1-2H3. The highest BCUT2D eigenvalue weighted by Crippen LogP contribution is 2.31. The second-order valence-corrected chi connectivity index (χ2v) is 6.88. The van der Waals surface area contributed by atoms with E-state index in [1.807, 2.05) is 12.1 Å². The maximum Gasteiger partial charge on any atom is 0.140 e. The van der Waals surface area contributed by atoms with Crippen LogP contribution in [0.4, 0.5) is 5.82 Å². The molecule has 1 aromatic heterocycles. The highest BCUT2D eigenvalue weighted by Gasteiger charge is 2.22. The Morgan fingerprint density at radius 2 is 2.04 bits per heavy atom. The molecule has 1 atom stereocenters. The first-order valence-corrected chi connectivity index (χ1v) is 9.25. The third kappa shape index (κ3) is 2.80. The number of thioether (sulfide) groups is 1. The maximum absolute atomic E-state index is 6.08. The van der Waals surface area contributed by atoms with Crippen molar-refractivity contribution in [1.82, 2.24) is 9.97 Å². The lowest BCUT2D eigenvalue weighted by Crippen LogP contribution is -2.31. The predicted octanol–water partition coefficient (Wildman–Crippen LogP) is 4.14. The molecule has 2 heterocycles. The van der Waals surface area contributed by atoms with Crippen LogP contribution in [0.3, 0.4) is 0 Å². The van der Waals surface area contributed by atoms with Crippen LogP contribution >= 0.6 is 11.8 Å². The van der Waals surface area contributed by atoms with Gasteiger partial charge in [0.1, 0.15) is 24.0 Å². The van der Waals surface area contributed by atoms with Crippen LogP contribution < -0.4 is 9.64 Å². The van der Waals surface area contributed by atoms with E-state index in [0.717, 1.165) is 35.6 Å². The number of nitrogens with zero attached hydrogens (tertiary/aromatic N) is 3. The van der Waals surface area contributed by atoms with Crippen LogP contribution in [0.25, 0.3) is 10.9 Å². The summed E-state index contributed by atoms with van der Waals surface area (Å²) in [4.78, 5) is 12.5. The molecule has 2 aromatic carbocycles. The summed E-state index contributed by atoms with van der Waals surface area (Å²) in [5, 5.41) is 1.09. The normalized spacial score (nSPS) is 17.2. The average molecular weight is 337 g/mol. The number of ether oxygens (including phenoxy) is 1. The number of para-hydroxylation sites is 1. The van der Waals surface area contributed by atoms with Crippen molar-refractivity contribution in [2.75, 3.05) is 17.7 Å². The molecule has 4 nitrogen and oxygen atoms in total. The smallest absolute Gasteiger partial charge is 0.140 e. The molecule has 0 N–H and O–H groups in total. The third-order valence-electron chi connectivity index (χ3n) is 4.26. The Balaban J connectivity index is 1.82. The minimum Gasteiger partial charge on any atom is -0.489 e. The number of fused-ring (bicyclic) bond motifs is 2. The number of hydrogen-bond acceptors (Lipinski definition) is 5. The van der Waals surface area contributed by atoms with E-state index in [0.29, 0.717) is 0 Å². The van der Waals surface area contributed by atoms with E-state index in [4.69, 9.17) is 4.74 Å². The van der Waals surface area contributed by atoms with Gasteiger partial charge in [-0.25, -0.2) is 9.97 Å². The van der Waals surface area contributed by atoms with E-state index in [2.05, 4.69) is 58.4 Å². The maximum atomic E-state index is 6.08. The second-order valence-electron chi connectivity index (χ2n) is 6.00. The van der Waals surface area contributed by atoms with Crippen LogP contribution in [0, 0.1) is 0 Å². The molecule has 5 heteroatoms. The molecule has 1 aliphatic heterocycles. The summed E-state index contributed by atoms with van der Waals surface area (Å²) in [5.74, 6) is 1.94. The number of benzene rings is 2. The van der Waals surface area contributed by atoms with Crippen LogP contribution in [0.5, 0.6) is 5.75 Å². The van der Waals surface area contributed by atoms with Crippen LogP contribution in [0.15, 0.2) is 53.7 Å². The molecule has 24 heavy (non-hydrogen) atoms. The van der Waals surface area contributed by atoms with E-state index in [9.17, 15) is 0 Å². The van der Waals surface area contributed by atoms with E-state index in [-0.39, 0.29) is 6.10 Å². The van der Waals surface area contributed by atoms with Gasteiger partial charge in [-0.2, -0.15) is 0 Å². The molecule has 0 fully saturated rings. The molecular weight excluding hydrogens is 318 g/mol. The molecule has 0 spiro atoms. The number of rotatable bonds is 2. The van der Waals surface area contributed by atoms with Crippen molar-refractivity contribution in [3.8, 4) is 5.75 Å². The molecule has 122 valence electrons. The molecule has 4 rings (SSSR count). The lowest BCUT2D eigenvalue weighted by atomic mass is 10.1. The summed E-state index contributed by atoms with van der Waals surface area (Å²) in [6.07, 6.45) is 3.84. The molecule has 0 bridgehead atoms. The van der Waals surface area contributed by atoms with E-state index >= 15 is 0 Å². The van der Waals surface area contributed by atoms with Crippen molar-refractivity contribution in [3.63, 3.8) is 0 Å². The van der Waals surface area contributed by atoms with Crippen molar-refractivity contribution in [2.24, 2.45) is 0 Å². The Bertz CT molecular complexity index is 883. The molecule has 0 amide bonds. The summed E-state index contributed by atoms with van der Waals surface area (Å²) in [6.45, 7) is 3.69. The summed E-state index contributed by atoms with van der Waals surface area (Å²) >= 11 is 1.73. The Morgan fingerprint density at radius 1 is 1.17 bits per heavy atom. The first-order chi connectivity index (χ1) is 11.7. The summed E-state index contributed by atoms with van der Waals surface area (Å²) in [7, 11) is 0. The Kier molecular flexibility index (Phi) is 4.02. The number of hydrogen-bond donors (Lipinski definition) is 0. The van der Waals surface area contributed by atoms with Crippen molar-refractivity contribution < 1.29 is 4.74 Å². The van der Waals surface area contributed by atoms with Gasteiger partial charge in [-0.1, -0.05) is 18.2 Å². The predicted molar refractivity (Wildman–Crippen MR) is 98.9 cm³/mol. The zero-order valence-electron chi connectivity index (χ0n) is 13.8. The number of aromatic nitrogens is 2.